The zero-order chi connectivity index (χ0) is 27.5. The van der Waals surface area contributed by atoms with Crippen molar-refractivity contribution in [2.24, 2.45) is 0 Å². The second-order valence-corrected chi connectivity index (χ2v) is 10.7. The van der Waals surface area contributed by atoms with Crippen molar-refractivity contribution in [3.63, 3.8) is 0 Å². The van der Waals surface area contributed by atoms with Crippen LogP contribution in [0.3, 0.4) is 0 Å². The van der Waals surface area contributed by atoms with E-state index in [9.17, 15) is 0 Å². The molecule has 0 aliphatic rings. The molecule has 0 unspecified atom stereocenters. The van der Waals surface area contributed by atoms with Gasteiger partial charge >= 0.3 is 0 Å². The Morgan fingerprint density at radius 1 is 0.811 bits per heavy atom. The molecule has 0 saturated carbocycles. The minimum absolute atomic E-state index is 0.470. The van der Waals surface area contributed by atoms with Crippen molar-refractivity contribution in [2.75, 3.05) is 4.91 Å². The third kappa shape index (κ3) is 8.93. The quantitative estimate of drug-likeness (QED) is 0.132. The molecule has 1 N–H and O–H groups in total. The van der Waals surface area contributed by atoms with Crippen LogP contribution in [0.25, 0.3) is 27.8 Å². The third-order valence-electron chi connectivity index (χ3n) is 4.74. The van der Waals surface area contributed by atoms with Crippen LogP contribution in [0.15, 0.2) is 107 Å². The molecule has 0 fully saturated rings. The van der Waals surface area contributed by atoms with E-state index in [-0.39, 0.29) is 0 Å². The maximum atomic E-state index is 6.20. The zero-order valence-corrected chi connectivity index (χ0v) is 28.1. The van der Waals surface area contributed by atoms with Gasteiger partial charge in [-0.05, 0) is 120 Å². The Morgan fingerprint density at radius 2 is 1.41 bits per heavy atom. The lowest BCUT2D eigenvalue weighted by Crippen LogP contribution is -1.93. The second kappa shape index (κ2) is 15.4. The topological polar surface area (TPSA) is 46.5 Å². The maximum Gasteiger partial charge on any atom is 0.182 e. The summed E-state index contributed by atoms with van der Waals surface area (Å²) < 4.78 is 11.0. The van der Waals surface area contributed by atoms with Gasteiger partial charge < -0.3 is 4.98 Å². The van der Waals surface area contributed by atoms with Gasteiger partial charge in [0.15, 0.2) is 9.47 Å². The van der Waals surface area contributed by atoms with Crippen LogP contribution in [0.4, 0.5) is 0 Å². The number of benzene rings is 4. The van der Waals surface area contributed by atoms with Gasteiger partial charge in [-0.2, -0.15) is 0 Å². The number of aromatic nitrogens is 4. The molecule has 2 heterocycles. The number of rotatable bonds is 1. The molecular formula is C27H20Br2Cl2I2N4. The highest BCUT2D eigenvalue weighted by atomic mass is 127. The van der Waals surface area contributed by atoms with Gasteiger partial charge in [0.25, 0.3) is 0 Å². The van der Waals surface area contributed by atoms with Gasteiger partial charge in [0, 0.05) is 20.7 Å². The van der Waals surface area contributed by atoms with E-state index in [1.54, 1.807) is 0 Å². The van der Waals surface area contributed by atoms with Gasteiger partial charge in [0.2, 0.25) is 0 Å². The average Bonchev–Trinajstić information content (AvgIpc) is 3.43. The van der Waals surface area contributed by atoms with Crippen molar-refractivity contribution in [2.45, 2.75) is 0 Å². The van der Waals surface area contributed by atoms with Crippen LogP contribution in [0.1, 0.15) is 1.37 Å². The standard InChI is InChI=1S/C13H8BrClN2.C7H4BrClN2.C6H5I.CH3I/c14-13-16-11-8-9(15)6-7-12(11)17(13)10-4-2-1-3-5-10;8-7-10-5-2-1-4(9)3-6(5)11-7;7-6-4-2-1-3-5-6;1-2/h1-8H;1-3H,(H,10,11);1-5H;1H3/i;;;1D. The fourth-order valence-corrected chi connectivity index (χ4v) is 4.96. The minimum Gasteiger partial charge on any atom is -0.332 e. The monoisotopic (exact) mass is 883 g/mol. The summed E-state index contributed by atoms with van der Waals surface area (Å²) in [6.45, 7) is 0. The molecule has 0 atom stereocenters. The van der Waals surface area contributed by atoms with E-state index in [4.69, 9.17) is 24.6 Å². The van der Waals surface area contributed by atoms with Crippen LogP contribution in [0.2, 0.25) is 10.0 Å². The first-order chi connectivity index (χ1) is 18.3. The molecule has 2 aromatic heterocycles. The number of hydrogen-bond acceptors (Lipinski definition) is 2. The van der Waals surface area contributed by atoms with Crippen LogP contribution in [-0.4, -0.2) is 24.4 Å². The number of alkyl halides is 1. The summed E-state index contributed by atoms with van der Waals surface area (Å²) in [5.74, 6) is 0. The number of imidazole rings is 2. The highest BCUT2D eigenvalue weighted by molar-refractivity contribution is 14.1. The molecular weight excluding hydrogens is 865 g/mol. The number of nitrogens with zero attached hydrogens (tertiary/aromatic N) is 3. The first-order valence-electron chi connectivity index (χ1n) is 11.3. The highest BCUT2D eigenvalue weighted by Crippen LogP contribution is 2.26. The second-order valence-electron chi connectivity index (χ2n) is 7.17. The third-order valence-corrected chi connectivity index (χ3v) is 6.84. The Kier molecular flexibility index (Phi) is 12.0. The number of nitrogens with one attached hydrogen (secondary N) is 1. The summed E-state index contributed by atoms with van der Waals surface area (Å²) in [6.07, 6.45) is 0. The number of fused-ring (bicyclic) bond motifs is 2. The van der Waals surface area contributed by atoms with Crippen molar-refractivity contribution in [1.82, 2.24) is 19.5 Å². The lowest BCUT2D eigenvalue weighted by molar-refractivity contribution is 1.05. The molecule has 0 amide bonds. The predicted octanol–water partition coefficient (Wildman–Crippen LogP) is 10.8. The summed E-state index contributed by atoms with van der Waals surface area (Å²) in [4.78, 5) is 12.1. The Bertz CT molecular complexity index is 1580. The van der Waals surface area contributed by atoms with Crippen LogP contribution in [0, 0.1) is 3.57 Å². The first-order valence-corrected chi connectivity index (χ1v) is 15.5. The first kappa shape index (κ1) is 28.8. The normalized spacial score (nSPS) is 10.4. The van der Waals surface area contributed by atoms with E-state index in [0.717, 1.165) is 37.2 Å². The average molecular weight is 886 g/mol. The van der Waals surface area contributed by atoms with E-state index in [1.165, 1.54) is 3.57 Å². The van der Waals surface area contributed by atoms with Gasteiger partial charge in [0.1, 0.15) is 0 Å². The molecule has 190 valence electrons. The highest BCUT2D eigenvalue weighted by Gasteiger charge is 2.10. The molecule has 0 spiro atoms. The van der Waals surface area contributed by atoms with Gasteiger partial charge in [-0.25, -0.2) is 9.97 Å². The van der Waals surface area contributed by atoms with E-state index >= 15 is 0 Å². The number of aromatic amines is 1. The molecule has 0 bridgehead atoms. The van der Waals surface area contributed by atoms with Crippen LogP contribution >= 0.6 is 100 Å². The Morgan fingerprint density at radius 3 is 2.03 bits per heavy atom. The fraction of sp³-hybridized carbons (Fsp3) is 0.0370. The largest absolute Gasteiger partial charge is 0.332 e. The molecule has 0 saturated heterocycles. The number of halogens is 6. The maximum absolute atomic E-state index is 6.20. The van der Waals surface area contributed by atoms with Gasteiger partial charge in [-0.1, -0.05) is 82.2 Å². The molecule has 6 rings (SSSR count). The van der Waals surface area contributed by atoms with Crippen molar-refractivity contribution in [1.29, 1.82) is 0 Å². The number of H-pyrrole nitrogens is 1. The lowest BCUT2D eigenvalue weighted by atomic mass is 10.3. The number of para-hydroxylation sites is 1. The van der Waals surface area contributed by atoms with Crippen molar-refractivity contribution >= 4 is 122 Å². The lowest BCUT2D eigenvalue weighted by Gasteiger charge is -2.05. The fourth-order valence-electron chi connectivity index (χ4n) is 3.21. The van der Waals surface area contributed by atoms with E-state index in [2.05, 4.69) is 81.5 Å². The van der Waals surface area contributed by atoms with E-state index in [0.29, 0.717) is 15.0 Å². The summed E-state index contributed by atoms with van der Waals surface area (Å²) in [5, 5.41) is 1.41. The molecule has 4 aromatic carbocycles. The van der Waals surface area contributed by atoms with Gasteiger partial charge in [-0.3, -0.25) is 4.57 Å². The van der Waals surface area contributed by atoms with E-state index in [1.807, 2.05) is 112 Å². The van der Waals surface area contributed by atoms with Gasteiger partial charge in [0.05, 0.1) is 22.1 Å². The SMILES string of the molecule is Clc1ccc2c(c1)nc(Br)n2-c1ccccc1.Clc1ccc2nc(Br)[nH]c2c1.Ic1ccccc1.[2H]CI. The van der Waals surface area contributed by atoms with Crippen molar-refractivity contribution in [3.05, 3.63) is 120 Å². The van der Waals surface area contributed by atoms with Crippen LogP contribution in [0.5, 0.6) is 0 Å². The Hall–Kier alpha value is -1.18. The summed E-state index contributed by atoms with van der Waals surface area (Å²) in [6, 6.07) is 31.5. The number of hydrogen-bond donors (Lipinski definition) is 1. The Balaban J connectivity index is 0.000000163. The molecule has 37 heavy (non-hydrogen) atoms. The van der Waals surface area contributed by atoms with Crippen LogP contribution in [-0.2, 0) is 0 Å². The van der Waals surface area contributed by atoms with Crippen molar-refractivity contribution in [3.8, 4) is 5.69 Å². The van der Waals surface area contributed by atoms with Crippen LogP contribution < -0.4 is 0 Å². The van der Waals surface area contributed by atoms with E-state index < -0.39 is 0 Å². The zero-order valence-electron chi connectivity index (χ0n) is 20.1. The molecule has 10 heteroatoms. The van der Waals surface area contributed by atoms with Gasteiger partial charge in [-0.15, -0.1) is 0 Å². The molecule has 0 radical (unpaired) electrons. The minimum atomic E-state index is 0.470. The molecule has 6 aromatic rings. The smallest absolute Gasteiger partial charge is 0.182 e. The molecule has 0 aliphatic heterocycles. The predicted molar refractivity (Wildman–Crippen MR) is 182 cm³/mol. The Labute approximate surface area is 271 Å². The summed E-state index contributed by atoms with van der Waals surface area (Å²) in [7, 11) is 0. The van der Waals surface area contributed by atoms with Crippen molar-refractivity contribution < 1.29 is 1.37 Å². The summed E-state index contributed by atoms with van der Waals surface area (Å²) >= 11 is 22.7. The molecule has 4 nitrogen and oxygen atoms in total. The molecule has 0 aliphatic carbocycles. The summed E-state index contributed by atoms with van der Waals surface area (Å²) in [5.41, 5.74) is 4.86.